The minimum Gasteiger partial charge on any atom is -0.349 e. The summed E-state index contributed by atoms with van der Waals surface area (Å²) in [5, 5.41) is 3.92. The minimum absolute atomic E-state index is 0.0341. The number of imidazole rings is 1. The Morgan fingerprint density at radius 1 is 1.10 bits per heavy atom. The van der Waals surface area contributed by atoms with Crippen LogP contribution >= 0.6 is 11.6 Å². The molecule has 4 nitrogen and oxygen atoms in total. The monoisotopic (exact) mass is 441 g/mol. The fourth-order valence-corrected chi connectivity index (χ4v) is 5.88. The van der Waals surface area contributed by atoms with E-state index < -0.39 is 11.6 Å². The molecule has 3 aromatic rings. The van der Waals surface area contributed by atoms with Crippen LogP contribution in [0.2, 0.25) is 5.02 Å². The van der Waals surface area contributed by atoms with Gasteiger partial charge in [-0.15, -0.1) is 0 Å². The Hall–Kier alpha value is -2.47. The number of carbonyl (C=O) groups is 1. The standard InChI is InChI=1S/C24H22ClF2N3O/c25-14-5-3-13(4-6-14)24(31)29-23(12-1-2-12)22-16-7-15(8-17(16)22)30-11-28-20-9-18(26)19(27)10-21(20)30/h3-6,9-12,15-17,22-23H,1-2,7-8H2,(H,29,31)/t15?,16-,17+,22?,23-/m1/s1. The number of rotatable bonds is 5. The fraction of sp³-hybridized carbons (Fsp3) is 0.417. The smallest absolute Gasteiger partial charge is 0.251 e. The lowest BCUT2D eigenvalue weighted by Gasteiger charge is -2.23. The Morgan fingerprint density at radius 3 is 2.45 bits per heavy atom. The highest BCUT2D eigenvalue weighted by atomic mass is 35.5. The number of fused-ring (bicyclic) bond motifs is 2. The second-order valence-corrected chi connectivity index (χ2v) is 9.72. The van der Waals surface area contributed by atoms with Gasteiger partial charge in [0.05, 0.1) is 17.4 Å². The van der Waals surface area contributed by atoms with Crippen molar-refractivity contribution in [2.75, 3.05) is 0 Å². The molecule has 1 heterocycles. The number of aromatic nitrogens is 2. The fourth-order valence-electron chi connectivity index (χ4n) is 5.76. The number of carbonyl (C=O) groups excluding carboxylic acids is 1. The van der Waals surface area contributed by atoms with E-state index in [-0.39, 0.29) is 18.0 Å². The molecule has 2 unspecified atom stereocenters. The van der Waals surface area contributed by atoms with Crippen molar-refractivity contribution in [2.45, 2.75) is 37.8 Å². The highest BCUT2D eigenvalue weighted by Crippen LogP contribution is 2.64. The average molecular weight is 442 g/mol. The maximum atomic E-state index is 13.8. The molecule has 3 fully saturated rings. The number of amides is 1. The second kappa shape index (κ2) is 7.02. The number of hydrogen-bond acceptors (Lipinski definition) is 2. The molecular formula is C24H22ClF2N3O. The van der Waals surface area contributed by atoms with Crippen LogP contribution in [-0.2, 0) is 0 Å². The molecule has 0 saturated heterocycles. The summed E-state index contributed by atoms with van der Waals surface area (Å²) < 4.78 is 29.3. The Bertz CT molecular complexity index is 1160. The van der Waals surface area contributed by atoms with Crippen molar-refractivity contribution >= 4 is 28.5 Å². The third-order valence-corrected chi connectivity index (χ3v) is 7.70. The van der Waals surface area contributed by atoms with Crippen molar-refractivity contribution in [3.63, 3.8) is 0 Å². The van der Waals surface area contributed by atoms with Gasteiger partial charge in [0.25, 0.3) is 5.91 Å². The van der Waals surface area contributed by atoms with Gasteiger partial charge in [0.15, 0.2) is 11.6 Å². The molecule has 0 aliphatic heterocycles. The van der Waals surface area contributed by atoms with E-state index in [9.17, 15) is 13.6 Å². The zero-order valence-corrected chi connectivity index (χ0v) is 17.5. The summed E-state index contributed by atoms with van der Waals surface area (Å²) >= 11 is 5.94. The van der Waals surface area contributed by atoms with E-state index >= 15 is 0 Å². The van der Waals surface area contributed by atoms with Crippen LogP contribution in [0.1, 0.15) is 42.1 Å². The minimum atomic E-state index is -0.865. The summed E-state index contributed by atoms with van der Waals surface area (Å²) in [6, 6.07) is 9.87. The number of hydrogen-bond donors (Lipinski definition) is 1. The first-order valence-electron chi connectivity index (χ1n) is 10.9. The number of benzene rings is 2. The number of nitrogens with zero attached hydrogens (tertiary/aromatic N) is 2. The van der Waals surface area contributed by atoms with Crippen LogP contribution in [0.5, 0.6) is 0 Å². The summed E-state index contributed by atoms with van der Waals surface area (Å²) in [6.07, 6.45) is 6.01. The van der Waals surface area contributed by atoms with E-state index in [0.717, 1.165) is 18.9 Å². The zero-order chi connectivity index (χ0) is 21.3. The topological polar surface area (TPSA) is 46.9 Å². The molecule has 1 aromatic heterocycles. The van der Waals surface area contributed by atoms with Gasteiger partial charge in [0.2, 0.25) is 0 Å². The molecule has 2 aromatic carbocycles. The van der Waals surface area contributed by atoms with Crippen molar-refractivity contribution in [3.8, 4) is 0 Å². The first kappa shape index (κ1) is 19.2. The van der Waals surface area contributed by atoms with Gasteiger partial charge in [0, 0.05) is 34.8 Å². The largest absolute Gasteiger partial charge is 0.349 e. The van der Waals surface area contributed by atoms with E-state index in [0.29, 0.717) is 45.3 Å². The van der Waals surface area contributed by atoms with E-state index in [1.807, 2.05) is 4.57 Å². The van der Waals surface area contributed by atoms with Gasteiger partial charge in [-0.1, -0.05) is 11.6 Å². The van der Waals surface area contributed by atoms with Crippen LogP contribution in [0.4, 0.5) is 8.78 Å². The van der Waals surface area contributed by atoms with Crippen LogP contribution in [0.15, 0.2) is 42.7 Å². The number of nitrogens with one attached hydrogen (secondary N) is 1. The Kier molecular flexibility index (Phi) is 4.36. The summed E-state index contributed by atoms with van der Waals surface area (Å²) in [4.78, 5) is 17.0. The third-order valence-electron chi connectivity index (χ3n) is 7.45. The number of halogens is 3. The van der Waals surface area contributed by atoms with Gasteiger partial charge in [-0.3, -0.25) is 4.79 Å². The van der Waals surface area contributed by atoms with Gasteiger partial charge >= 0.3 is 0 Å². The summed E-state index contributed by atoms with van der Waals surface area (Å²) in [5.74, 6) is 0.450. The summed E-state index contributed by atoms with van der Waals surface area (Å²) in [5.41, 5.74) is 1.77. The third kappa shape index (κ3) is 3.32. The lowest BCUT2D eigenvalue weighted by Crippen LogP contribution is -2.39. The van der Waals surface area contributed by atoms with E-state index in [2.05, 4.69) is 10.3 Å². The maximum Gasteiger partial charge on any atom is 0.251 e. The Balaban J connectivity index is 1.16. The van der Waals surface area contributed by atoms with Gasteiger partial charge < -0.3 is 9.88 Å². The van der Waals surface area contributed by atoms with Crippen LogP contribution in [0.3, 0.4) is 0 Å². The van der Waals surface area contributed by atoms with Crippen molar-refractivity contribution < 1.29 is 13.6 Å². The predicted molar refractivity (Wildman–Crippen MR) is 114 cm³/mol. The molecule has 31 heavy (non-hydrogen) atoms. The van der Waals surface area contributed by atoms with E-state index in [4.69, 9.17) is 11.6 Å². The van der Waals surface area contributed by atoms with Gasteiger partial charge in [0.1, 0.15) is 0 Å². The van der Waals surface area contributed by atoms with Crippen molar-refractivity contribution in [2.24, 2.45) is 23.7 Å². The summed E-state index contributed by atoms with van der Waals surface area (Å²) in [6.45, 7) is 0. The molecule has 0 radical (unpaired) electrons. The normalized spacial score (nSPS) is 27.8. The molecular weight excluding hydrogens is 420 g/mol. The molecule has 7 heteroatoms. The first-order valence-corrected chi connectivity index (χ1v) is 11.3. The van der Waals surface area contributed by atoms with E-state index in [1.165, 1.54) is 18.9 Å². The van der Waals surface area contributed by atoms with Crippen molar-refractivity contribution in [1.29, 1.82) is 0 Å². The first-order chi connectivity index (χ1) is 15.0. The molecule has 0 spiro atoms. The van der Waals surface area contributed by atoms with Crippen LogP contribution in [0.25, 0.3) is 11.0 Å². The van der Waals surface area contributed by atoms with Crippen molar-refractivity contribution in [1.82, 2.24) is 14.9 Å². The Morgan fingerprint density at radius 2 is 1.77 bits per heavy atom. The Labute approximate surface area is 183 Å². The highest BCUT2D eigenvalue weighted by molar-refractivity contribution is 6.30. The van der Waals surface area contributed by atoms with Crippen molar-refractivity contribution in [3.05, 3.63) is 64.9 Å². The molecule has 1 amide bonds. The molecule has 6 rings (SSSR count). The highest BCUT2D eigenvalue weighted by Gasteiger charge is 2.61. The molecule has 3 aliphatic rings. The molecule has 5 atom stereocenters. The zero-order valence-electron chi connectivity index (χ0n) is 16.8. The van der Waals surface area contributed by atoms with Gasteiger partial charge in [-0.25, -0.2) is 13.8 Å². The SMILES string of the molecule is O=C(N[C@H](C1CC1)C1[C@H]2CC(n3cnc4cc(F)c(F)cc43)C[C@@H]12)c1ccc(Cl)cc1. The van der Waals surface area contributed by atoms with Gasteiger partial charge in [-0.05, 0) is 73.6 Å². The molecule has 1 N–H and O–H groups in total. The quantitative estimate of drug-likeness (QED) is 0.578. The van der Waals surface area contributed by atoms with Crippen LogP contribution in [0, 0.1) is 35.3 Å². The lowest BCUT2D eigenvalue weighted by atomic mass is 9.97. The second-order valence-electron chi connectivity index (χ2n) is 9.28. The molecule has 3 aliphatic carbocycles. The average Bonchev–Trinajstić information content (AvgIpc) is 3.63. The van der Waals surface area contributed by atoms with Crippen LogP contribution < -0.4 is 5.32 Å². The molecule has 3 saturated carbocycles. The van der Waals surface area contributed by atoms with Gasteiger partial charge in [-0.2, -0.15) is 0 Å². The lowest BCUT2D eigenvalue weighted by molar-refractivity contribution is 0.0921. The summed E-state index contributed by atoms with van der Waals surface area (Å²) in [7, 11) is 0. The van der Waals surface area contributed by atoms with E-state index in [1.54, 1.807) is 30.6 Å². The molecule has 160 valence electrons. The molecule has 0 bridgehead atoms. The predicted octanol–water partition coefficient (Wildman–Crippen LogP) is 5.37. The maximum absolute atomic E-state index is 13.8. The van der Waals surface area contributed by atoms with Crippen LogP contribution in [-0.4, -0.2) is 21.5 Å².